The van der Waals surface area contributed by atoms with E-state index in [9.17, 15) is 4.79 Å². The predicted octanol–water partition coefficient (Wildman–Crippen LogP) is -0.114. The predicted molar refractivity (Wildman–Crippen MR) is 39.0 cm³/mol. The lowest BCUT2D eigenvalue weighted by molar-refractivity contribution is -0.163. The smallest absolute Gasteiger partial charge is 0.339 e. The van der Waals surface area contributed by atoms with Gasteiger partial charge in [-0.25, -0.2) is 4.79 Å². The largest absolute Gasteiger partial charge is 0.464 e. The van der Waals surface area contributed by atoms with Gasteiger partial charge in [-0.3, -0.25) is 5.32 Å². The first-order valence-electron chi connectivity index (χ1n) is 3.71. The van der Waals surface area contributed by atoms with Crippen LogP contribution in [0, 0.1) is 0 Å². The summed E-state index contributed by atoms with van der Waals surface area (Å²) in [4.78, 5) is 11.2. The zero-order valence-corrected chi connectivity index (χ0v) is 6.85. The number of hydrogen-bond acceptors (Lipinski definition) is 4. The van der Waals surface area contributed by atoms with Crippen LogP contribution in [0.1, 0.15) is 13.8 Å². The molecule has 0 spiro atoms. The molecule has 0 bridgehead atoms. The molecular formula is C7H13NO3. The molecule has 4 nitrogen and oxygen atoms in total. The van der Waals surface area contributed by atoms with Gasteiger partial charge in [0.1, 0.15) is 0 Å². The topological polar surface area (TPSA) is 47.6 Å². The molecule has 0 aromatic rings. The van der Waals surface area contributed by atoms with Crippen LogP contribution in [-0.4, -0.2) is 31.5 Å². The van der Waals surface area contributed by atoms with Crippen LogP contribution in [0.4, 0.5) is 0 Å². The van der Waals surface area contributed by atoms with Gasteiger partial charge in [-0.1, -0.05) is 0 Å². The lowest BCUT2D eigenvalue weighted by Crippen LogP contribution is -2.40. The van der Waals surface area contributed by atoms with E-state index >= 15 is 0 Å². The zero-order chi connectivity index (χ0) is 8.32. The summed E-state index contributed by atoms with van der Waals surface area (Å²) in [5, 5.41) is 2.93. The average Bonchev–Trinajstić information content (AvgIpc) is 2.38. The second kappa shape index (κ2) is 3.19. The van der Waals surface area contributed by atoms with Crippen LogP contribution in [0.15, 0.2) is 0 Å². The third-order valence-electron chi connectivity index (χ3n) is 1.66. The van der Waals surface area contributed by atoms with Gasteiger partial charge in [-0.2, -0.15) is 0 Å². The molecule has 1 heterocycles. The second-order valence-electron chi connectivity index (χ2n) is 2.67. The molecular weight excluding hydrogens is 146 g/mol. The van der Waals surface area contributed by atoms with E-state index in [1.54, 1.807) is 13.8 Å². The Balaban J connectivity index is 2.49. The maximum atomic E-state index is 11.2. The summed E-state index contributed by atoms with van der Waals surface area (Å²) in [6.45, 7) is 4.87. The molecule has 1 aliphatic heterocycles. The summed E-state index contributed by atoms with van der Waals surface area (Å²) < 4.78 is 9.99. The van der Waals surface area contributed by atoms with E-state index in [1.165, 1.54) is 0 Å². The maximum Gasteiger partial charge on any atom is 0.339 e. The second-order valence-corrected chi connectivity index (χ2v) is 2.67. The normalized spacial score (nSPS) is 30.4. The number of rotatable bonds is 2. The highest BCUT2D eigenvalue weighted by Crippen LogP contribution is 2.15. The Morgan fingerprint density at radius 3 is 3.00 bits per heavy atom. The van der Waals surface area contributed by atoms with Crippen molar-refractivity contribution in [2.75, 3.05) is 19.9 Å². The molecule has 1 atom stereocenters. The molecule has 64 valence electrons. The van der Waals surface area contributed by atoms with E-state index in [4.69, 9.17) is 9.47 Å². The summed E-state index contributed by atoms with van der Waals surface area (Å²) >= 11 is 0. The molecule has 4 heteroatoms. The van der Waals surface area contributed by atoms with Crippen molar-refractivity contribution in [2.24, 2.45) is 0 Å². The number of ether oxygens (including phenoxy) is 2. The van der Waals surface area contributed by atoms with E-state index < -0.39 is 5.60 Å². The van der Waals surface area contributed by atoms with Gasteiger partial charge >= 0.3 is 5.97 Å². The van der Waals surface area contributed by atoms with Crippen LogP contribution < -0.4 is 5.32 Å². The lowest BCUT2D eigenvalue weighted by Gasteiger charge is -2.18. The summed E-state index contributed by atoms with van der Waals surface area (Å²) in [6, 6.07) is 0. The number of carbonyl (C=O) groups is 1. The van der Waals surface area contributed by atoms with Gasteiger partial charge in [0.2, 0.25) is 0 Å². The Kier molecular flexibility index (Phi) is 2.46. The van der Waals surface area contributed by atoms with E-state index in [0.717, 1.165) is 0 Å². The fraction of sp³-hybridized carbons (Fsp3) is 0.857. The summed E-state index contributed by atoms with van der Waals surface area (Å²) in [6.07, 6.45) is 0. The van der Waals surface area contributed by atoms with Crippen molar-refractivity contribution in [1.29, 1.82) is 0 Å². The third-order valence-corrected chi connectivity index (χ3v) is 1.66. The van der Waals surface area contributed by atoms with Crippen LogP contribution in [0.3, 0.4) is 0 Å². The number of carbonyl (C=O) groups excluding carboxylic acids is 1. The molecule has 0 aromatic carbocycles. The summed E-state index contributed by atoms with van der Waals surface area (Å²) in [5.74, 6) is -0.287. The van der Waals surface area contributed by atoms with Crippen LogP contribution in [0.25, 0.3) is 0 Å². The monoisotopic (exact) mass is 159 g/mol. The molecule has 1 rings (SSSR count). The van der Waals surface area contributed by atoms with E-state index in [-0.39, 0.29) is 5.97 Å². The summed E-state index contributed by atoms with van der Waals surface area (Å²) in [5.41, 5.74) is -0.768. The SMILES string of the molecule is CCOC(=O)[C@]1(C)CNCO1. The summed E-state index contributed by atoms with van der Waals surface area (Å²) in [7, 11) is 0. The quantitative estimate of drug-likeness (QED) is 0.571. The van der Waals surface area contributed by atoms with Crippen LogP contribution >= 0.6 is 0 Å². The molecule has 0 aliphatic carbocycles. The highest BCUT2D eigenvalue weighted by molar-refractivity contribution is 5.79. The molecule has 0 amide bonds. The zero-order valence-electron chi connectivity index (χ0n) is 6.85. The Morgan fingerprint density at radius 1 is 1.82 bits per heavy atom. The molecule has 11 heavy (non-hydrogen) atoms. The average molecular weight is 159 g/mol. The molecule has 0 saturated carbocycles. The molecule has 0 aromatic heterocycles. The minimum absolute atomic E-state index is 0.287. The van der Waals surface area contributed by atoms with Crippen LogP contribution in [0.2, 0.25) is 0 Å². The van der Waals surface area contributed by atoms with Crippen molar-refractivity contribution < 1.29 is 14.3 Å². The Hall–Kier alpha value is -0.610. The number of hydrogen-bond donors (Lipinski definition) is 1. The van der Waals surface area contributed by atoms with Gasteiger partial charge in [-0.05, 0) is 13.8 Å². The molecule has 0 unspecified atom stereocenters. The number of esters is 1. The Labute approximate surface area is 65.9 Å². The van der Waals surface area contributed by atoms with Crippen molar-refractivity contribution in [2.45, 2.75) is 19.4 Å². The van der Waals surface area contributed by atoms with Crippen molar-refractivity contribution >= 4 is 5.97 Å². The standard InChI is InChI=1S/C7H13NO3/c1-3-10-6(9)7(2)4-8-5-11-7/h8H,3-5H2,1-2H3/t7-/m0/s1. The van der Waals surface area contributed by atoms with E-state index in [2.05, 4.69) is 5.32 Å². The minimum atomic E-state index is -0.768. The Bertz CT molecular complexity index is 152. The molecule has 1 saturated heterocycles. The molecule has 1 aliphatic rings. The first-order valence-corrected chi connectivity index (χ1v) is 3.71. The minimum Gasteiger partial charge on any atom is -0.464 e. The van der Waals surface area contributed by atoms with Gasteiger partial charge in [0.25, 0.3) is 0 Å². The fourth-order valence-corrected chi connectivity index (χ4v) is 0.966. The third kappa shape index (κ3) is 1.70. The van der Waals surface area contributed by atoms with E-state index in [0.29, 0.717) is 19.9 Å². The van der Waals surface area contributed by atoms with Gasteiger partial charge in [0.15, 0.2) is 5.60 Å². The Morgan fingerprint density at radius 2 is 2.55 bits per heavy atom. The van der Waals surface area contributed by atoms with E-state index in [1.807, 2.05) is 0 Å². The first kappa shape index (κ1) is 8.49. The molecule has 1 N–H and O–H groups in total. The fourth-order valence-electron chi connectivity index (χ4n) is 0.966. The lowest BCUT2D eigenvalue weighted by atomic mass is 10.1. The highest BCUT2D eigenvalue weighted by Gasteiger charge is 2.39. The van der Waals surface area contributed by atoms with Gasteiger partial charge in [-0.15, -0.1) is 0 Å². The maximum absolute atomic E-state index is 11.2. The van der Waals surface area contributed by atoms with Crippen LogP contribution in [0.5, 0.6) is 0 Å². The number of nitrogens with one attached hydrogen (secondary N) is 1. The van der Waals surface area contributed by atoms with Gasteiger partial charge < -0.3 is 9.47 Å². The van der Waals surface area contributed by atoms with Crippen molar-refractivity contribution in [3.05, 3.63) is 0 Å². The van der Waals surface area contributed by atoms with Gasteiger partial charge in [0, 0.05) is 6.54 Å². The van der Waals surface area contributed by atoms with Gasteiger partial charge in [0.05, 0.1) is 13.3 Å². The highest BCUT2D eigenvalue weighted by atomic mass is 16.6. The van der Waals surface area contributed by atoms with Crippen molar-refractivity contribution in [3.8, 4) is 0 Å². The van der Waals surface area contributed by atoms with Crippen LogP contribution in [-0.2, 0) is 14.3 Å². The molecule has 0 radical (unpaired) electrons. The molecule has 1 fully saturated rings. The van der Waals surface area contributed by atoms with Crippen molar-refractivity contribution in [1.82, 2.24) is 5.32 Å². The van der Waals surface area contributed by atoms with Crippen molar-refractivity contribution in [3.63, 3.8) is 0 Å². The first-order chi connectivity index (χ1) is 5.19.